The first kappa shape index (κ1) is 25.3. The Hall–Kier alpha value is -3.77. The van der Waals surface area contributed by atoms with Gasteiger partial charge in [-0.05, 0) is 54.9 Å². The number of ether oxygens (including phenoxy) is 1. The maximum absolute atomic E-state index is 14.5. The summed E-state index contributed by atoms with van der Waals surface area (Å²) in [4.78, 5) is 46.6. The lowest BCUT2D eigenvalue weighted by molar-refractivity contribution is -0.142. The van der Waals surface area contributed by atoms with Gasteiger partial charge in [-0.25, -0.2) is 13.6 Å². The van der Waals surface area contributed by atoms with E-state index in [1.54, 1.807) is 12.1 Å². The number of benzene rings is 2. The summed E-state index contributed by atoms with van der Waals surface area (Å²) in [5.41, 5.74) is 0.121. The van der Waals surface area contributed by atoms with Crippen LogP contribution in [0.4, 0.5) is 13.6 Å². The molecular weight excluding hydrogens is 496 g/mol. The lowest BCUT2D eigenvalue weighted by Gasteiger charge is -2.18. The van der Waals surface area contributed by atoms with Crippen LogP contribution < -0.4 is 20.7 Å². The van der Waals surface area contributed by atoms with Crippen LogP contribution in [0.3, 0.4) is 0 Å². The van der Waals surface area contributed by atoms with Crippen LogP contribution in [0.25, 0.3) is 6.08 Å². The zero-order valence-corrected chi connectivity index (χ0v) is 19.5. The number of imide groups is 1. The van der Waals surface area contributed by atoms with E-state index in [0.29, 0.717) is 30.3 Å². The Morgan fingerprint density at radius 1 is 1.17 bits per heavy atom. The van der Waals surface area contributed by atoms with Gasteiger partial charge in [0.05, 0.1) is 10.9 Å². The van der Waals surface area contributed by atoms with E-state index in [4.69, 9.17) is 4.74 Å². The van der Waals surface area contributed by atoms with Gasteiger partial charge in [-0.1, -0.05) is 12.1 Å². The number of carbonyl (C=O) groups is 4. The molecule has 2 atom stereocenters. The Balaban J connectivity index is 1.41. The van der Waals surface area contributed by atoms with Crippen LogP contribution in [-0.4, -0.2) is 46.8 Å². The van der Waals surface area contributed by atoms with Crippen molar-refractivity contribution in [3.8, 4) is 11.5 Å². The maximum atomic E-state index is 14.5. The first-order valence-electron chi connectivity index (χ1n) is 11.0. The Labute approximate surface area is 208 Å². The summed E-state index contributed by atoms with van der Waals surface area (Å²) < 4.78 is 34.5. The van der Waals surface area contributed by atoms with E-state index in [2.05, 4.69) is 10.6 Å². The average molecular weight is 518 g/mol. The number of hydrogen-bond donors (Lipinski definition) is 4. The van der Waals surface area contributed by atoms with E-state index >= 15 is 0 Å². The Morgan fingerprint density at radius 2 is 1.86 bits per heavy atom. The molecule has 36 heavy (non-hydrogen) atoms. The maximum Gasteiger partial charge on any atom is 0.326 e. The summed E-state index contributed by atoms with van der Waals surface area (Å²) in [7, 11) is 0. The van der Waals surface area contributed by atoms with Crippen LogP contribution in [0.5, 0.6) is 11.5 Å². The number of aliphatic carboxylic acids is 1. The summed E-state index contributed by atoms with van der Waals surface area (Å²) in [6, 6.07) is 6.55. The SMILES string of the molecule is O=C1NC(=O)/C(=C\c2c(F)cc(Oc3ccc(CC(NC(=O)C4CCCN4)C(=O)O)cc3)cc2F)S1. The summed E-state index contributed by atoms with van der Waals surface area (Å²) in [6.07, 6.45) is 2.49. The molecule has 188 valence electrons. The molecule has 2 heterocycles. The minimum Gasteiger partial charge on any atom is -0.480 e. The highest BCUT2D eigenvalue weighted by atomic mass is 32.2. The quantitative estimate of drug-likeness (QED) is 0.393. The topological polar surface area (TPSA) is 134 Å². The number of carbonyl (C=O) groups excluding carboxylic acids is 3. The number of amides is 3. The van der Waals surface area contributed by atoms with Crippen molar-refractivity contribution < 1.29 is 37.8 Å². The molecule has 4 rings (SSSR count). The molecule has 2 aromatic rings. The van der Waals surface area contributed by atoms with Crippen molar-refractivity contribution in [3.63, 3.8) is 0 Å². The lowest BCUT2D eigenvalue weighted by atomic mass is 10.1. The molecule has 2 aliphatic rings. The van der Waals surface area contributed by atoms with Gasteiger partial charge < -0.3 is 20.5 Å². The molecule has 0 aliphatic carbocycles. The van der Waals surface area contributed by atoms with Gasteiger partial charge in [-0.15, -0.1) is 0 Å². The van der Waals surface area contributed by atoms with E-state index in [1.807, 2.05) is 5.32 Å². The second-order valence-corrected chi connectivity index (χ2v) is 9.17. The van der Waals surface area contributed by atoms with Crippen molar-refractivity contribution in [2.75, 3.05) is 6.54 Å². The molecule has 9 nitrogen and oxygen atoms in total. The van der Waals surface area contributed by atoms with E-state index in [1.165, 1.54) is 12.1 Å². The molecule has 0 saturated carbocycles. The molecule has 2 aromatic carbocycles. The predicted molar refractivity (Wildman–Crippen MR) is 126 cm³/mol. The summed E-state index contributed by atoms with van der Waals surface area (Å²) >= 11 is 0.543. The molecule has 12 heteroatoms. The first-order valence-corrected chi connectivity index (χ1v) is 11.8. The number of carboxylic acids is 1. The molecule has 0 aromatic heterocycles. The third-order valence-electron chi connectivity index (χ3n) is 5.56. The lowest BCUT2D eigenvalue weighted by Crippen LogP contribution is -2.49. The largest absolute Gasteiger partial charge is 0.480 e. The highest BCUT2D eigenvalue weighted by Crippen LogP contribution is 2.31. The Morgan fingerprint density at radius 3 is 2.42 bits per heavy atom. The molecule has 2 aliphatic heterocycles. The second kappa shape index (κ2) is 10.9. The fourth-order valence-corrected chi connectivity index (χ4v) is 4.42. The molecule has 3 amide bonds. The van der Waals surface area contributed by atoms with Gasteiger partial charge in [-0.3, -0.25) is 19.7 Å². The summed E-state index contributed by atoms with van der Waals surface area (Å²) in [5.74, 6) is -4.13. The Kier molecular flexibility index (Phi) is 7.65. The van der Waals surface area contributed by atoms with Gasteiger partial charge in [0.25, 0.3) is 11.1 Å². The fraction of sp³-hybridized carbons (Fsp3) is 0.250. The number of hydrogen-bond acceptors (Lipinski definition) is 7. The molecule has 2 fully saturated rings. The van der Waals surface area contributed by atoms with Crippen LogP contribution in [0.15, 0.2) is 41.3 Å². The normalized spacial score (nSPS) is 19.3. The molecule has 0 spiro atoms. The Bertz CT molecular complexity index is 1220. The highest BCUT2D eigenvalue weighted by Gasteiger charge is 2.28. The van der Waals surface area contributed by atoms with E-state index in [0.717, 1.165) is 24.6 Å². The minimum atomic E-state index is -1.17. The third kappa shape index (κ3) is 6.07. The molecule has 0 radical (unpaired) electrons. The molecule has 4 N–H and O–H groups in total. The van der Waals surface area contributed by atoms with Crippen LogP contribution in [0.2, 0.25) is 0 Å². The van der Waals surface area contributed by atoms with Crippen molar-refractivity contribution in [1.29, 1.82) is 0 Å². The van der Waals surface area contributed by atoms with Gasteiger partial charge in [0.2, 0.25) is 5.91 Å². The third-order valence-corrected chi connectivity index (χ3v) is 6.37. The smallest absolute Gasteiger partial charge is 0.326 e. The van der Waals surface area contributed by atoms with Gasteiger partial charge in [0, 0.05) is 24.1 Å². The van der Waals surface area contributed by atoms with Crippen LogP contribution >= 0.6 is 11.8 Å². The van der Waals surface area contributed by atoms with E-state index in [9.17, 15) is 33.1 Å². The average Bonchev–Trinajstić information content (AvgIpc) is 3.46. The van der Waals surface area contributed by atoms with Crippen molar-refractivity contribution in [2.45, 2.75) is 31.3 Å². The van der Waals surface area contributed by atoms with Crippen LogP contribution in [0.1, 0.15) is 24.0 Å². The predicted octanol–water partition coefficient (Wildman–Crippen LogP) is 2.94. The number of halogens is 2. The number of rotatable bonds is 8. The standard InChI is InChI=1S/C24H21F2N3O6S/c25-16-9-14(10-17(26)15(16)11-20-22(31)29-24(34)36-20)35-13-5-3-12(4-6-13)8-19(23(32)33)28-21(30)18-2-1-7-27-18/h3-6,9-11,18-19,27H,1-2,7-8H2,(H,28,30)(H,32,33)(H,29,31,34)/b20-11+. The monoisotopic (exact) mass is 517 g/mol. The molecular formula is C24H21F2N3O6S. The van der Waals surface area contributed by atoms with E-state index in [-0.39, 0.29) is 28.7 Å². The fourth-order valence-electron chi connectivity index (χ4n) is 3.76. The van der Waals surface area contributed by atoms with Crippen molar-refractivity contribution in [3.05, 3.63) is 64.1 Å². The van der Waals surface area contributed by atoms with Gasteiger partial charge in [0.1, 0.15) is 29.2 Å². The summed E-state index contributed by atoms with van der Waals surface area (Å²) in [5, 5.41) is 16.4. The zero-order chi connectivity index (χ0) is 25.8. The summed E-state index contributed by atoms with van der Waals surface area (Å²) in [6.45, 7) is 0.711. The number of nitrogens with one attached hydrogen (secondary N) is 3. The van der Waals surface area contributed by atoms with Crippen molar-refractivity contribution in [1.82, 2.24) is 16.0 Å². The number of thioether (sulfide) groups is 1. The van der Waals surface area contributed by atoms with Crippen molar-refractivity contribution >= 4 is 40.9 Å². The van der Waals surface area contributed by atoms with Crippen LogP contribution in [-0.2, 0) is 20.8 Å². The van der Waals surface area contributed by atoms with Crippen LogP contribution in [0, 0.1) is 11.6 Å². The molecule has 0 bridgehead atoms. The second-order valence-electron chi connectivity index (χ2n) is 8.15. The minimum absolute atomic E-state index is 0.0365. The zero-order valence-electron chi connectivity index (χ0n) is 18.7. The van der Waals surface area contributed by atoms with Gasteiger partial charge in [-0.2, -0.15) is 0 Å². The highest BCUT2D eigenvalue weighted by molar-refractivity contribution is 8.18. The number of carboxylic acid groups (broad SMARTS) is 1. The first-order chi connectivity index (χ1) is 17.2. The van der Waals surface area contributed by atoms with Crippen molar-refractivity contribution in [2.24, 2.45) is 0 Å². The van der Waals surface area contributed by atoms with Gasteiger partial charge in [0.15, 0.2) is 0 Å². The molecule has 2 unspecified atom stereocenters. The van der Waals surface area contributed by atoms with Gasteiger partial charge >= 0.3 is 5.97 Å². The molecule has 2 saturated heterocycles. The van der Waals surface area contributed by atoms with E-state index < -0.39 is 46.4 Å².